The topological polar surface area (TPSA) is 72.2 Å². The lowest BCUT2D eigenvalue weighted by Crippen LogP contribution is -2.38. The van der Waals surface area contributed by atoms with Gasteiger partial charge in [-0.25, -0.2) is 8.42 Å². The number of fused-ring (bicyclic) bond motifs is 1. The number of hydrogen-bond acceptors (Lipinski definition) is 4. The summed E-state index contributed by atoms with van der Waals surface area (Å²) in [7, 11) is -3.32. The Morgan fingerprint density at radius 3 is 2.86 bits per heavy atom. The molecule has 0 spiro atoms. The van der Waals surface area contributed by atoms with Gasteiger partial charge in [-0.1, -0.05) is 25.1 Å². The average Bonchev–Trinajstić information content (AvgIpc) is 2.93. The van der Waals surface area contributed by atoms with Crippen molar-refractivity contribution in [2.24, 2.45) is 0 Å². The lowest BCUT2D eigenvalue weighted by atomic mass is 9.87. The molecule has 0 fully saturated rings. The first-order chi connectivity index (χ1) is 9.99. The van der Waals surface area contributed by atoms with Gasteiger partial charge in [0.2, 0.25) is 0 Å². The predicted octanol–water partition coefficient (Wildman–Crippen LogP) is 1.71. The van der Waals surface area contributed by atoms with Gasteiger partial charge in [-0.15, -0.1) is 0 Å². The molecule has 2 aromatic rings. The molecule has 1 unspecified atom stereocenters. The summed E-state index contributed by atoms with van der Waals surface area (Å²) < 4.78 is 26.2. The van der Waals surface area contributed by atoms with Crippen molar-refractivity contribution in [1.29, 1.82) is 0 Å². The Labute approximate surface area is 124 Å². The molecule has 0 amide bonds. The summed E-state index contributed by atoms with van der Waals surface area (Å²) in [6.07, 6.45) is 2.70. The number of aromatic nitrogens is 2. The zero-order valence-electron chi connectivity index (χ0n) is 11.9. The summed E-state index contributed by atoms with van der Waals surface area (Å²) in [4.78, 5) is 0.225. The van der Waals surface area contributed by atoms with E-state index in [1.54, 1.807) is 41.2 Å². The van der Waals surface area contributed by atoms with Gasteiger partial charge in [0.25, 0.3) is 0 Å². The molecule has 0 saturated heterocycles. The highest BCUT2D eigenvalue weighted by atomic mass is 32.2. The molecule has 3 rings (SSSR count). The molecule has 2 heterocycles. The normalized spacial score (nSPS) is 23.7. The van der Waals surface area contributed by atoms with Crippen LogP contribution in [0.15, 0.2) is 41.4 Å². The minimum absolute atomic E-state index is 0.0577. The maximum atomic E-state index is 12.2. The first-order valence-electron chi connectivity index (χ1n) is 7.06. The third-order valence-corrected chi connectivity index (χ3v) is 5.74. The smallest absolute Gasteiger partial charge is 0.178 e. The molecule has 5 nitrogen and oxygen atoms in total. The maximum absolute atomic E-state index is 12.2. The van der Waals surface area contributed by atoms with Gasteiger partial charge >= 0.3 is 0 Å². The number of hydrogen-bond donors (Lipinski definition) is 1. The van der Waals surface area contributed by atoms with E-state index in [1.165, 1.54) is 0 Å². The Morgan fingerprint density at radius 1 is 1.33 bits per heavy atom. The Bertz CT molecular complexity index is 767. The third kappa shape index (κ3) is 2.18. The van der Waals surface area contributed by atoms with Crippen molar-refractivity contribution in [1.82, 2.24) is 9.78 Å². The quantitative estimate of drug-likeness (QED) is 0.937. The Kier molecular flexibility index (Phi) is 3.37. The van der Waals surface area contributed by atoms with Crippen molar-refractivity contribution in [3.63, 3.8) is 0 Å². The van der Waals surface area contributed by atoms with Crippen molar-refractivity contribution in [2.75, 3.05) is 5.75 Å². The number of aryl methyl sites for hydroxylation is 1. The highest BCUT2D eigenvalue weighted by Gasteiger charge is 2.43. The van der Waals surface area contributed by atoms with Crippen molar-refractivity contribution in [2.45, 2.75) is 36.8 Å². The summed E-state index contributed by atoms with van der Waals surface area (Å²) in [5.74, 6) is -0.0577. The molecule has 1 atom stereocenters. The lowest BCUT2D eigenvalue weighted by molar-refractivity contribution is 0.0618. The summed E-state index contributed by atoms with van der Waals surface area (Å²) >= 11 is 0. The fourth-order valence-corrected chi connectivity index (χ4v) is 4.59. The first kappa shape index (κ1) is 14.3. The Morgan fingerprint density at radius 2 is 2.10 bits per heavy atom. The second kappa shape index (κ2) is 4.96. The predicted molar refractivity (Wildman–Crippen MR) is 78.6 cm³/mol. The molecule has 1 aromatic carbocycles. The van der Waals surface area contributed by atoms with Crippen molar-refractivity contribution >= 4 is 9.84 Å². The third-order valence-electron chi connectivity index (χ3n) is 3.98. The monoisotopic (exact) mass is 306 g/mol. The molecule has 0 radical (unpaired) electrons. The molecule has 0 saturated carbocycles. The molecular formula is C15H18N2O3S. The molecule has 1 aromatic heterocycles. The van der Waals surface area contributed by atoms with Crippen LogP contribution in [0.4, 0.5) is 0 Å². The molecule has 0 bridgehead atoms. The zero-order chi connectivity index (χ0) is 15.1. The first-order valence-corrected chi connectivity index (χ1v) is 8.71. The SMILES string of the molecule is CCCn1nccc1C1(O)CCS(=O)(=O)c2ccccc21. The van der Waals surface area contributed by atoms with Gasteiger partial charge in [-0.05, 0) is 18.6 Å². The molecule has 0 aliphatic carbocycles. The number of aliphatic hydroxyl groups is 1. The summed E-state index contributed by atoms with van der Waals surface area (Å²) in [5.41, 5.74) is -0.186. The van der Waals surface area contributed by atoms with Crippen LogP contribution in [0.5, 0.6) is 0 Å². The summed E-state index contributed by atoms with van der Waals surface area (Å²) in [5, 5.41) is 15.4. The van der Waals surface area contributed by atoms with Crippen LogP contribution in [-0.4, -0.2) is 29.1 Å². The fourth-order valence-electron chi connectivity index (χ4n) is 2.95. The largest absolute Gasteiger partial charge is 0.379 e. The van der Waals surface area contributed by atoms with Gasteiger partial charge in [-0.2, -0.15) is 5.10 Å². The highest BCUT2D eigenvalue weighted by Crippen LogP contribution is 2.41. The van der Waals surface area contributed by atoms with Gasteiger partial charge in [0, 0.05) is 24.7 Å². The van der Waals surface area contributed by atoms with Crippen LogP contribution in [0.25, 0.3) is 0 Å². The van der Waals surface area contributed by atoms with E-state index in [0.717, 1.165) is 6.42 Å². The van der Waals surface area contributed by atoms with E-state index in [2.05, 4.69) is 5.10 Å². The molecular weight excluding hydrogens is 288 g/mol. The molecule has 6 heteroatoms. The van der Waals surface area contributed by atoms with Crippen molar-refractivity contribution in [3.05, 3.63) is 47.8 Å². The van der Waals surface area contributed by atoms with Crippen LogP contribution < -0.4 is 0 Å². The average molecular weight is 306 g/mol. The summed E-state index contributed by atoms with van der Waals surface area (Å²) in [6.45, 7) is 2.73. The Hall–Kier alpha value is -1.66. The van der Waals surface area contributed by atoms with Gasteiger partial charge in [-0.3, -0.25) is 4.68 Å². The standard InChI is InChI=1S/C15H18N2O3S/c1-2-10-17-14(7-9-16-17)15(18)8-11-21(19,20)13-6-4-3-5-12(13)15/h3-7,9,18H,2,8,10-11H2,1H3. The van der Waals surface area contributed by atoms with Crippen LogP contribution in [0.1, 0.15) is 31.0 Å². The van der Waals surface area contributed by atoms with Crippen LogP contribution in [0, 0.1) is 0 Å². The number of benzene rings is 1. The van der Waals surface area contributed by atoms with Crippen LogP contribution in [-0.2, 0) is 22.0 Å². The second-order valence-corrected chi connectivity index (χ2v) is 7.44. The van der Waals surface area contributed by atoms with Crippen LogP contribution in [0.3, 0.4) is 0 Å². The second-order valence-electron chi connectivity index (χ2n) is 5.36. The Balaban J connectivity index is 2.20. The van der Waals surface area contributed by atoms with E-state index >= 15 is 0 Å². The number of sulfone groups is 1. The van der Waals surface area contributed by atoms with Crippen LogP contribution >= 0.6 is 0 Å². The minimum Gasteiger partial charge on any atom is -0.379 e. The lowest BCUT2D eigenvalue weighted by Gasteiger charge is -2.34. The van der Waals surface area contributed by atoms with Gasteiger partial charge in [0.05, 0.1) is 16.3 Å². The van der Waals surface area contributed by atoms with E-state index in [1.807, 2.05) is 6.92 Å². The van der Waals surface area contributed by atoms with E-state index in [0.29, 0.717) is 17.8 Å². The molecule has 112 valence electrons. The number of nitrogens with zero attached hydrogens (tertiary/aromatic N) is 2. The van der Waals surface area contributed by atoms with Crippen LogP contribution in [0.2, 0.25) is 0 Å². The van der Waals surface area contributed by atoms with E-state index in [-0.39, 0.29) is 17.1 Å². The van der Waals surface area contributed by atoms with E-state index < -0.39 is 15.4 Å². The van der Waals surface area contributed by atoms with Gasteiger partial charge in [0.15, 0.2) is 9.84 Å². The highest BCUT2D eigenvalue weighted by molar-refractivity contribution is 7.91. The molecule has 1 N–H and O–H groups in total. The molecule has 1 aliphatic rings. The summed E-state index contributed by atoms with van der Waals surface area (Å²) in [6, 6.07) is 8.46. The number of rotatable bonds is 3. The van der Waals surface area contributed by atoms with E-state index in [9.17, 15) is 13.5 Å². The van der Waals surface area contributed by atoms with Crippen molar-refractivity contribution in [3.8, 4) is 0 Å². The maximum Gasteiger partial charge on any atom is 0.178 e. The van der Waals surface area contributed by atoms with Gasteiger partial charge in [0.1, 0.15) is 5.60 Å². The molecule has 1 aliphatic heterocycles. The fraction of sp³-hybridized carbons (Fsp3) is 0.400. The zero-order valence-corrected chi connectivity index (χ0v) is 12.7. The van der Waals surface area contributed by atoms with E-state index in [4.69, 9.17) is 0 Å². The van der Waals surface area contributed by atoms with Crippen molar-refractivity contribution < 1.29 is 13.5 Å². The minimum atomic E-state index is -3.32. The van der Waals surface area contributed by atoms with Gasteiger partial charge < -0.3 is 5.11 Å². The molecule has 21 heavy (non-hydrogen) atoms.